The number of aliphatic hydroxyl groups excluding tert-OH is 2. The van der Waals surface area contributed by atoms with E-state index in [0.717, 1.165) is 32.1 Å². The maximum Gasteiger partial charge on any atom is 0.0431 e. The third-order valence-corrected chi connectivity index (χ3v) is 2.12. The molecule has 0 aromatic carbocycles. The van der Waals surface area contributed by atoms with Crippen molar-refractivity contribution in [2.45, 2.75) is 32.1 Å². The Kier molecular flexibility index (Phi) is 8.88. The SMILES string of the molecule is NCC(CCCO)CCCCO. The summed E-state index contributed by atoms with van der Waals surface area (Å²) in [4.78, 5) is 0. The third-order valence-electron chi connectivity index (χ3n) is 2.12. The molecule has 0 saturated heterocycles. The van der Waals surface area contributed by atoms with Crippen molar-refractivity contribution in [2.24, 2.45) is 11.7 Å². The maximum atomic E-state index is 8.60. The summed E-state index contributed by atoms with van der Waals surface area (Å²) in [5.41, 5.74) is 5.55. The van der Waals surface area contributed by atoms with Crippen LogP contribution in [-0.2, 0) is 0 Å². The van der Waals surface area contributed by atoms with Gasteiger partial charge in [0.1, 0.15) is 0 Å². The summed E-state index contributed by atoms with van der Waals surface area (Å²) in [6.07, 6.45) is 4.86. The molecule has 0 radical (unpaired) electrons. The lowest BCUT2D eigenvalue weighted by atomic mass is 9.97. The molecule has 0 aliphatic heterocycles. The fourth-order valence-electron chi connectivity index (χ4n) is 1.30. The molecule has 0 aromatic heterocycles. The highest BCUT2D eigenvalue weighted by atomic mass is 16.3. The molecular weight excluding hydrogens is 154 g/mol. The topological polar surface area (TPSA) is 66.5 Å². The van der Waals surface area contributed by atoms with Crippen LogP contribution in [0.5, 0.6) is 0 Å². The van der Waals surface area contributed by atoms with Crippen LogP contribution in [0.25, 0.3) is 0 Å². The van der Waals surface area contributed by atoms with Gasteiger partial charge in [0, 0.05) is 13.2 Å². The van der Waals surface area contributed by atoms with Gasteiger partial charge in [0.25, 0.3) is 0 Å². The monoisotopic (exact) mass is 175 g/mol. The van der Waals surface area contributed by atoms with Gasteiger partial charge in [0.15, 0.2) is 0 Å². The molecule has 3 nitrogen and oxygen atoms in total. The van der Waals surface area contributed by atoms with Crippen LogP contribution in [0.3, 0.4) is 0 Å². The van der Waals surface area contributed by atoms with Gasteiger partial charge in [-0.2, -0.15) is 0 Å². The Bertz CT molecular complexity index is 88.6. The van der Waals surface area contributed by atoms with E-state index in [0.29, 0.717) is 12.5 Å². The van der Waals surface area contributed by atoms with E-state index in [1.54, 1.807) is 0 Å². The molecule has 1 unspecified atom stereocenters. The Morgan fingerprint density at radius 2 is 1.50 bits per heavy atom. The van der Waals surface area contributed by atoms with Crippen molar-refractivity contribution in [3.8, 4) is 0 Å². The first-order valence-corrected chi connectivity index (χ1v) is 4.77. The standard InChI is InChI=1S/C9H21NO2/c10-8-9(5-3-7-12)4-1-2-6-11/h9,11-12H,1-8,10H2. The normalized spacial score (nSPS) is 13.2. The molecule has 0 spiro atoms. The molecule has 4 N–H and O–H groups in total. The molecule has 0 aliphatic carbocycles. The molecule has 74 valence electrons. The highest BCUT2D eigenvalue weighted by Crippen LogP contribution is 2.12. The number of hydrogen-bond donors (Lipinski definition) is 3. The Morgan fingerprint density at radius 1 is 0.917 bits per heavy atom. The van der Waals surface area contributed by atoms with Gasteiger partial charge >= 0.3 is 0 Å². The van der Waals surface area contributed by atoms with Gasteiger partial charge < -0.3 is 15.9 Å². The van der Waals surface area contributed by atoms with Gasteiger partial charge in [-0.15, -0.1) is 0 Å². The van der Waals surface area contributed by atoms with E-state index in [2.05, 4.69) is 0 Å². The molecule has 0 aromatic rings. The van der Waals surface area contributed by atoms with Gasteiger partial charge in [-0.05, 0) is 38.1 Å². The van der Waals surface area contributed by atoms with Crippen molar-refractivity contribution in [1.29, 1.82) is 0 Å². The zero-order valence-electron chi connectivity index (χ0n) is 7.71. The summed E-state index contributed by atoms with van der Waals surface area (Å²) in [5.74, 6) is 0.531. The van der Waals surface area contributed by atoms with Crippen LogP contribution in [0, 0.1) is 5.92 Å². The Balaban J connectivity index is 3.26. The summed E-state index contributed by atoms with van der Waals surface area (Å²) in [6, 6.07) is 0. The molecular formula is C9H21NO2. The summed E-state index contributed by atoms with van der Waals surface area (Å²) in [5, 5.41) is 17.2. The number of hydrogen-bond acceptors (Lipinski definition) is 3. The van der Waals surface area contributed by atoms with E-state index in [-0.39, 0.29) is 13.2 Å². The molecule has 0 amide bonds. The first kappa shape index (κ1) is 11.9. The van der Waals surface area contributed by atoms with Crippen LogP contribution in [0.2, 0.25) is 0 Å². The molecule has 0 fully saturated rings. The average Bonchev–Trinajstić information content (AvgIpc) is 2.11. The molecule has 0 saturated carbocycles. The first-order chi connectivity index (χ1) is 5.85. The average molecular weight is 175 g/mol. The van der Waals surface area contributed by atoms with Crippen LogP contribution in [0.1, 0.15) is 32.1 Å². The second-order valence-corrected chi connectivity index (χ2v) is 3.19. The van der Waals surface area contributed by atoms with E-state index < -0.39 is 0 Å². The summed E-state index contributed by atoms with van der Waals surface area (Å²) in [7, 11) is 0. The van der Waals surface area contributed by atoms with Gasteiger partial charge in [0.05, 0.1) is 0 Å². The van der Waals surface area contributed by atoms with E-state index >= 15 is 0 Å². The van der Waals surface area contributed by atoms with Crippen LogP contribution < -0.4 is 5.73 Å². The minimum absolute atomic E-state index is 0.260. The summed E-state index contributed by atoms with van der Waals surface area (Å²) < 4.78 is 0. The molecule has 0 rings (SSSR count). The van der Waals surface area contributed by atoms with Gasteiger partial charge in [-0.3, -0.25) is 0 Å². The van der Waals surface area contributed by atoms with Crippen molar-refractivity contribution < 1.29 is 10.2 Å². The third kappa shape index (κ3) is 6.58. The van der Waals surface area contributed by atoms with E-state index in [1.165, 1.54) is 0 Å². The van der Waals surface area contributed by atoms with Crippen LogP contribution >= 0.6 is 0 Å². The second kappa shape index (κ2) is 8.97. The largest absolute Gasteiger partial charge is 0.396 e. The lowest BCUT2D eigenvalue weighted by Crippen LogP contribution is -2.14. The highest BCUT2D eigenvalue weighted by molar-refractivity contribution is 4.60. The number of unbranched alkanes of at least 4 members (excludes halogenated alkanes) is 1. The fourth-order valence-corrected chi connectivity index (χ4v) is 1.30. The Morgan fingerprint density at radius 3 is 2.00 bits per heavy atom. The van der Waals surface area contributed by atoms with Crippen molar-refractivity contribution in [2.75, 3.05) is 19.8 Å². The smallest absolute Gasteiger partial charge is 0.0431 e. The Hall–Kier alpha value is -0.120. The zero-order chi connectivity index (χ0) is 9.23. The van der Waals surface area contributed by atoms with Crippen molar-refractivity contribution in [3.05, 3.63) is 0 Å². The van der Waals surface area contributed by atoms with Crippen LogP contribution in [0.15, 0.2) is 0 Å². The Labute approximate surface area is 74.6 Å². The quantitative estimate of drug-likeness (QED) is 0.470. The van der Waals surface area contributed by atoms with Gasteiger partial charge in [-0.1, -0.05) is 6.42 Å². The molecule has 1 atom stereocenters. The molecule has 3 heteroatoms. The predicted molar refractivity (Wildman–Crippen MR) is 49.8 cm³/mol. The van der Waals surface area contributed by atoms with Gasteiger partial charge in [-0.25, -0.2) is 0 Å². The van der Waals surface area contributed by atoms with E-state index in [4.69, 9.17) is 15.9 Å². The first-order valence-electron chi connectivity index (χ1n) is 4.77. The molecule has 0 bridgehead atoms. The van der Waals surface area contributed by atoms with Crippen LogP contribution in [-0.4, -0.2) is 30.0 Å². The minimum atomic E-state index is 0.260. The highest BCUT2D eigenvalue weighted by Gasteiger charge is 2.04. The molecule has 0 heterocycles. The fraction of sp³-hybridized carbons (Fsp3) is 1.00. The van der Waals surface area contributed by atoms with Crippen molar-refractivity contribution >= 4 is 0 Å². The molecule has 12 heavy (non-hydrogen) atoms. The number of rotatable bonds is 8. The minimum Gasteiger partial charge on any atom is -0.396 e. The lowest BCUT2D eigenvalue weighted by Gasteiger charge is -2.12. The number of nitrogens with two attached hydrogens (primary N) is 1. The summed E-state index contributed by atoms with van der Waals surface area (Å²) in [6.45, 7) is 1.24. The maximum absolute atomic E-state index is 8.60. The molecule has 0 aliphatic rings. The van der Waals surface area contributed by atoms with Crippen LogP contribution in [0.4, 0.5) is 0 Å². The zero-order valence-corrected chi connectivity index (χ0v) is 7.71. The summed E-state index contributed by atoms with van der Waals surface area (Å²) >= 11 is 0. The lowest BCUT2D eigenvalue weighted by molar-refractivity contribution is 0.259. The second-order valence-electron chi connectivity index (χ2n) is 3.19. The van der Waals surface area contributed by atoms with Crippen molar-refractivity contribution in [3.63, 3.8) is 0 Å². The number of aliphatic hydroxyl groups is 2. The van der Waals surface area contributed by atoms with E-state index in [9.17, 15) is 0 Å². The van der Waals surface area contributed by atoms with E-state index in [1.807, 2.05) is 0 Å². The predicted octanol–water partition coefficient (Wildman–Crippen LogP) is 0.496. The van der Waals surface area contributed by atoms with Gasteiger partial charge in [0.2, 0.25) is 0 Å². The van der Waals surface area contributed by atoms with Crippen molar-refractivity contribution in [1.82, 2.24) is 0 Å².